The van der Waals surface area contributed by atoms with Crippen LogP contribution in [-0.2, 0) is 20.1 Å². The summed E-state index contributed by atoms with van der Waals surface area (Å²) in [6, 6.07) is 12.0. The van der Waals surface area contributed by atoms with Gasteiger partial charge in [0.2, 0.25) is 0 Å². The van der Waals surface area contributed by atoms with Crippen LogP contribution in [0.5, 0.6) is 0 Å². The Kier molecular flexibility index (Phi) is 3.65. The Balaban J connectivity index is 0.00000185. The number of aromatic nitrogens is 6. The first-order chi connectivity index (χ1) is 14.6. The number of fused-ring (bicyclic) bond motifs is 6. The Morgan fingerprint density at radius 2 is 1.81 bits per heavy atom. The molecule has 0 saturated heterocycles. The van der Waals surface area contributed by atoms with E-state index in [2.05, 4.69) is 63.4 Å². The molecule has 1 radical (unpaired) electrons. The number of imidazole rings is 3. The maximum absolute atomic E-state index is 4.88. The van der Waals surface area contributed by atoms with Gasteiger partial charge in [-0.2, -0.15) is 0 Å². The van der Waals surface area contributed by atoms with Crippen molar-refractivity contribution in [3.8, 4) is 5.69 Å². The number of benzene rings is 2. The van der Waals surface area contributed by atoms with Crippen LogP contribution in [0.2, 0.25) is 0 Å². The first-order valence-corrected chi connectivity index (χ1v) is 9.96. The molecular formula is C24H17IrN6-. The molecule has 2 aromatic carbocycles. The molecule has 7 heteroatoms. The molecule has 6 nitrogen and oxygen atoms in total. The summed E-state index contributed by atoms with van der Waals surface area (Å²) in [5, 5.41) is 2.11. The number of aryl methyl sites for hydroxylation is 3. The molecule has 153 valence electrons. The smallest absolute Gasteiger partial charge is 0.157 e. The molecular weight excluding hydrogens is 565 g/mol. The van der Waals surface area contributed by atoms with E-state index in [0.717, 1.165) is 55.5 Å². The summed E-state index contributed by atoms with van der Waals surface area (Å²) < 4.78 is 6.48. The monoisotopic (exact) mass is 582 g/mol. The van der Waals surface area contributed by atoms with Crippen LogP contribution in [0.1, 0.15) is 16.7 Å². The summed E-state index contributed by atoms with van der Waals surface area (Å²) in [6.07, 6.45) is 7.65. The minimum Gasteiger partial charge on any atom is -0.325 e. The molecule has 0 amide bonds. The molecule has 0 aliphatic carbocycles. The van der Waals surface area contributed by atoms with E-state index in [0.29, 0.717) is 0 Å². The summed E-state index contributed by atoms with van der Waals surface area (Å²) in [7, 11) is 0. The van der Waals surface area contributed by atoms with Crippen molar-refractivity contribution in [1.29, 1.82) is 0 Å². The van der Waals surface area contributed by atoms with Gasteiger partial charge in [0, 0.05) is 32.5 Å². The maximum Gasteiger partial charge on any atom is 0.157 e. The van der Waals surface area contributed by atoms with Crippen molar-refractivity contribution < 1.29 is 20.1 Å². The summed E-state index contributed by atoms with van der Waals surface area (Å²) in [4.78, 5) is 14.3. The minimum atomic E-state index is 0. The van der Waals surface area contributed by atoms with Gasteiger partial charge in [-0.3, -0.25) is 9.55 Å². The van der Waals surface area contributed by atoms with Gasteiger partial charge in [-0.05, 0) is 31.0 Å². The molecule has 0 bridgehead atoms. The first-order valence-electron chi connectivity index (χ1n) is 9.96. The zero-order chi connectivity index (χ0) is 20.1. The van der Waals surface area contributed by atoms with Gasteiger partial charge in [0.1, 0.15) is 17.5 Å². The Morgan fingerprint density at radius 1 is 0.935 bits per heavy atom. The van der Waals surface area contributed by atoms with Crippen LogP contribution in [0.25, 0.3) is 50.0 Å². The Hall–Kier alpha value is -3.28. The van der Waals surface area contributed by atoms with E-state index >= 15 is 0 Å². The topological polar surface area (TPSA) is 52.4 Å². The molecule has 0 unspecified atom stereocenters. The van der Waals surface area contributed by atoms with E-state index < -0.39 is 0 Å². The second kappa shape index (κ2) is 6.12. The molecule has 0 spiro atoms. The van der Waals surface area contributed by atoms with Crippen LogP contribution in [0.15, 0.2) is 49.2 Å². The predicted molar refractivity (Wildman–Crippen MR) is 118 cm³/mol. The van der Waals surface area contributed by atoms with Crippen molar-refractivity contribution in [2.75, 3.05) is 0 Å². The average molecular weight is 582 g/mol. The fourth-order valence-electron chi connectivity index (χ4n) is 4.90. The first kappa shape index (κ1) is 18.5. The third-order valence-corrected chi connectivity index (χ3v) is 6.21. The summed E-state index contributed by atoms with van der Waals surface area (Å²) in [5.74, 6) is 0. The fourth-order valence-corrected chi connectivity index (χ4v) is 4.90. The van der Waals surface area contributed by atoms with Crippen molar-refractivity contribution in [3.05, 3.63) is 71.9 Å². The zero-order valence-corrected chi connectivity index (χ0v) is 19.5. The zero-order valence-electron chi connectivity index (χ0n) is 17.1. The van der Waals surface area contributed by atoms with E-state index in [9.17, 15) is 0 Å². The molecule has 0 aliphatic heterocycles. The fraction of sp³-hybridized carbons (Fsp3) is 0.125. The molecule has 0 N–H and O–H groups in total. The van der Waals surface area contributed by atoms with E-state index in [4.69, 9.17) is 9.97 Å². The average Bonchev–Trinajstić information content (AvgIpc) is 3.45. The second-order valence-corrected chi connectivity index (χ2v) is 8.07. The predicted octanol–water partition coefficient (Wildman–Crippen LogP) is 4.79. The van der Waals surface area contributed by atoms with Crippen LogP contribution in [0, 0.1) is 26.8 Å². The largest absolute Gasteiger partial charge is 0.325 e. The molecule has 5 heterocycles. The van der Waals surface area contributed by atoms with Crippen LogP contribution in [-0.4, -0.2) is 28.3 Å². The molecule has 7 rings (SSSR count). The normalized spacial score (nSPS) is 12.1. The molecule has 0 fully saturated rings. The number of nitrogens with zero attached hydrogens (tertiary/aromatic N) is 6. The van der Waals surface area contributed by atoms with Crippen molar-refractivity contribution in [3.63, 3.8) is 0 Å². The molecule has 0 saturated carbocycles. The number of rotatable bonds is 1. The van der Waals surface area contributed by atoms with Crippen LogP contribution >= 0.6 is 0 Å². The molecule has 0 aliphatic rings. The quantitative estimate of drug-likeness (QED) is 0.262. The van der Waals surface area contributed by atoms with E-state index in [1.165, 1.54) is 11.1 Å². The van der Waals surface area contributed by atoms with Crippen LogP contribution < -0.4 is 0 Å². The van der Waals surface area contributed by atoms with E-state index in [1.54, 1.807) is 0 Å². The van der Waals surface area contributed by atoms with Crippen molar-refractivity contribution in [2.45, 2.75) is 20.8 Å². The third kappa shape index (κ3) is 2.17. The van der Waals surface area contributed by atoms with Gasteiger partial charge in [-0.15, -0.1) is 17.7 Å². The van der Waals surface area contributed by atoms with Crippen molar-refractivity contribution in [2.24, 2.45) is 0 Å². The number of hydrogen-bond acceptors (Lipinski definition) is 3. The molecule has 31 heavy (non-hydrogen) atoms. The number of pyridine rings is 1. The Labute approximate surface area is 190 Å². The maximum atomic E-state index is 4.88. The molecule has 0 atom stereocenters. The second-order valence-electron chi connectivity index (χ2n) is 8.07. The van der Waals surface area contributed by atoms with Gasteiger partial charge >= 0.3 is 0 Å². The van der Waals surface area contributed by atoms with E-state index in [1.807, 2.05) is 31.0 Å². The van der Waals surface area contributed by atoms with Crippen LogP contribution in [0.4, 0.5) is 0 Å². The Bertz CT molecular complexity index is 1780. The number of hydrogen-bond donors (Lipinski definition) is 0. The van der Waals surface area contributed by atoms with Gasteiger partial charge in [0.05, 0.1) is 23.0 Å². The molecule has 7 aromatic rings. The van der Waals surface area contributed by atoms with Gasteiger partial charge in [0.15, 0.2) is 5.65 Å². The minimum absolute atomic E-state index is 0. The summed E-state index contributed by atoms with van der Waals surface area (Å²) in [6.45, 7) is 6.38. The van der Waals surface area contributed by atoms with Crippen molar-refractivity contribution >= 4 is 44.3 Å². The van der Waals surface area contributed by atoms with Crippen molar-refractivity contribution in [1.82, 2.24) is 28.3 Å². The van der Waals surface area contributed by atoms with Gasteiger partial charge in [-0.25, -0.2) is 9.97 Å². The standard InChI is InChI=1S/C24H17N6.Ir/c1-13-4-7-17(15(3)10-13)29-12-27-20-19-14(2)5-6-16-21(19)30-18(11-26-24(30)22(20)29)28-9-8-25-23(16)28;/h4-5,7-12H,1-3H3;/q-1;. The van der Waals surface area contributed by atoms with Gasteiger partial charge < -0.3 is 8.80 Å². The SMILES string of the molecule is Cc1ccc(-n2cnc3c4c(C)c[c-]c5c6nccn6c6cnc(c32)n6c54)c(C)c1.[Ir]. The summed E-state index contributed by atoms with van der Waals surface area (Å²) in [5.41, 5.74) is 10.6. The van der Waals surface area contributed by atoms with Gasteiger partial charge in [0.25, 0.3) is 0 Å². The summed E-state index contributed by atoms with van der Waals surface area (Å²) >= 11 is 0. The third-order valence-electron chi connectivity index (χ3n) is 6.21. The van der Waals surface area contributed by atoms with Crippen LogP contribution in [0.3, 0.4) is 0 Å². The van der Waals surface area contributed by atoms with E-state index in [-0.39, 0.29) is 20.1 Å². The van der Waals surface area contributed by atoms with Gasteiger partial charge in [-0.1, -0.05) is 35.4 Å². The molecule has 5 aromatic heterocycles. The Morgan fingerprint density at radius 3 is 2.65 bits per heavy atom.